The number of carbonyl (C=O) groups is 1. The van der Waals surface area contributed by atoms with E-state index >= 15 is 0 Å². The highest BCUT2D eigenvalue weighted by Crippen LogP contribution is 2.23. The lowest BCUT2D eigenvalue weighted by Gasteiger charge is -2.11. The molecule has 1 aromatic rings. The molecule has 0 atom stereocenters. The number of halogens is 2. The minimum Gasteiger partial charge on any atom is -0.494 e. The van der Waals surface area contributed by atoms with Gasteiger partial charge >= 0.3 is 0 Å². The number of hydrogen-bond donors (Lipinski definition) is 2. The Bertz CT molecular complexity index is 737. The zero-order valence-corrected chi connectivity index (χ0v) is 13.7. The van der Waals surface area contributed by atoms with Crippen molar-refractivity contribution >= 4 is 5.91 Å². The van der Waals surface area contributed by atoms with Gasteiger partial charge in [0.25, 0.3) is 5.91 Å². The molecule has 2 rings (SSSR count). The fourth-order valence-corrected chi connectivity index (χ4v) is 2.42. The molecule has 1 aliphatic carbocycles. The van der Waals surface area contributed by atoms with Gasteiger partial charge in [-0.3, -0.25) is 4.79 Å². The van der Waals surface area contributed by atoms with Crippen LogP contribution in [0.25, 0.3) is 0 Å². The van der Waals surface area contributed by atoms with E-state index in [9.17, 15) is 13.6 Å². The molecule has 4 nitrogen and oxygen atoms in total. The van der Waals surface area contributed by atoms with E-state index in [1.54, 1.807) is 6.07 Å². The first-order valence-corrected chi connectivity index (χ1v) is 7.61. The molecule has 1 aliphatic rings. The molecule has 0 aromatic heterocycles. The van der Waals surface area contributed by atoms with Crippen molar-refractivity contribution in [2.24, 2.45) is 5.73 Å². The van der Waals surface area contributed by atoms with Gasteiger partial charge in [0.15, 0.2) is 11.6 Å². The molecule has 1 aromatic carbocycles. The van der Waals surface area contributed by atoms with Gasteiger partial charge < -0.3 is 15.8 Å². The molecule has 6 heteroatoms. The number of amides is 1. The lowest BCUT2D eigenvalue weighted by molar-refractivity contribution is -0.117. The molecule has 0 unspecified atom stereocenters. The summed E-state index contributed by atoms with van der Waals surface area (Å²) in [5, 5.41) is 2.57. The summed E-state index contributed by atoms with van der Waals surface area (Å²) in [6, 6.07) is 4.65. The molecular weight excluding hydrogens is 314 g/mol. The third-order valence-electron chi connectivity index (χ3n) is 3.79. The van der Waals surface area contributed by atoms with Crippen molar-refractivity contribution in [2.45, 2.75) is 26.3 Å². The number of benzene rings is 1. The Kier molecular flexibility index (Phi) is 5.73. The number of ether oxygens (including phenoxy) is 1. The number of carbonyl (C=O) groups excluding carboxylic acids is 1. The second-order valence-electron chi connectivity index (χ2n) is 5.42. The van der Waals surface area contributed by atoms with Gasteiger partial charge in [0, 0.05) is 24.2 Å². The quantitative estimate of drug-likeness (QED) is 0.869. The Labute approximate surface area is 139 Å². The summed E-state index contributed by atoms with van der Waals surface area (Å²) in [7, 11) is 1.36. The highest BCUT2D eigenvalue weighted by Gasteiger charge is 2.17. The van der Waals surface area contributed by atoms with Crippen LogP contribution >= 0.6 is 0 Å². The van der Waals surface area contributed by atoms with Crippen LogP contribution in [0.2, 0.25) is 0 Å². The number of nitrogens with two attached hydrogens (primary N) is 1. The van der Waals surface area contributed by atoms with Crippen molar-refractivity contribution < 1.29 is 18.3 Å². The topological polar surface area (TPSA) is 64.3 Å². The average Bonchev–Trinajstić information content (AvgIpc) is 2.71. The molecule has 0 saturated carbocycles. The highest BCUT2D eigenvalue weighted by atomic mass is 19.1. The zero-order valence-electron chi connectivity index (χ0n) is 13.7. The van der Waals surface area contributed by atoms with Gasteiger partial charge in [-0.25, -0.2) is 8.78 Å². The summed E-state index contributed by atoms with van der Waals surface area (Å²) in [5.41, 5.74) is 7.36. The summed E-state index contributed by atoms with van der Waals surface area (Å²) in [6.07, 6.45) is 3.46. The van der Waals surface area contributed by atoms with Gasteiger partial charge in [0.2, 0.25) is 0 Å². The average molecular weight is 334 g/mol. The largest absolute Gasteiger partial charge is 0.494 e. The molecule has 0 saturated heterocycles. The fraction of sp³-hybridized carbons (Fsp3) is 0.278. The minimum absolute atomic E-state index is 0.0534. The molecule has 0 bridgehead atoms. The van der Waals surface area contributed by atoms with Crippen LogP contribution in [0.4, 0.5) is 8.78 Å². The van der Waals surface area contributed by atoms with Gasteiger partial charge in [0.05, 0.1) is 12.7 Å². The first-order valence-electron chi connectivity index (χ1n) is 7.61. The number of hydrogen-bond acceptors (Lipinski definition) is 3. The molecule has 0 fully saturated rings. The predicted molar refractivity (Wildman–Crippen MR) is 88.2 cm³/mol. The van der Waals surface area contributed by atoms with E-state index in [4.69, 9.17) is 10.5 Å². The van der Waals surface area contributed by atoms with Crippen LogP contribution in [0.1, 0.15) is 25.3 Å². The first-order chi connectivity index (χ1) is 11.5. The van der Waals surface area contributed by atoms with Crippen molar-refractivity contribution in [1.82, 2.24) is 5.32 Å². The molecular formula is C18H20F2N2O2. The van der Waals surface area contributed by atoms with Crippen molar-refractivity contribution in [3.63, 3.8) is 0 Å². The molecule has 0 heterocycles. The predicted octanol–water partition coefficient (Wildman–Crippen LogP) is 3.26. The van der Waals surface area contributed by atoms with Crippen molar-refractivity contribution in [3.05, 3.63) is 64.4 Å². The lowest BCUT2D eigenvalue weighted by Crippen LogP contribution is -2.26. The van der Waals surface area contributed by atoms with Crippen molar-refractivity contribution in [3.8, 4) is 5.75 Å². The van der Waals surface area contributed by atoms with E-state index in [-0.39, 0.29) is 23.4 Å². The third kappa shape index (κ3) is 4.01. The van der Waals surface area contributed by atoms with Crippen LogP contribution in [-0.2, 0) is 11.3 Å². The van der Waals surface area contributed by atoms with Crippen LogP contribution < -0.4 is 15.8 Å². The number of allylic oxidation sites excluding steroid dienone is 3. The van der Waals surface area contributed by atoms with Crippen LogP contribution in [-0.4, -0.2) is 13.0 Å². The van der Waals surface area contributed by atoms with E-state index in [2.05, 4.69) is 5.32 Å². The molecule has 0 radical (unpaired) electrons. The first kappa shape index (κ1) is 17.7. The summed E-state index contributed by atoms with van der Waals surface area (Å²) >= 11 is 0. The lowest BCUT2D eigenvalue weighted by atomic mass is 10.1. The van der Waals surface area contributed by atoms with Gasteiger partial charge in [-0.1, -0.05) is 24.6 Å². The number of rotatable bonds is 5. The molecule has 24 heavy (non-hydrogen) atoms. The molecule has 3 N–H and O–H groups in total. The van der Waals surface area contributed by atoms with Crippen molar-refractivity contribution in [2.75, 3.05) is 7.11 Å². The Balaban J connectivity index is 2.14. The van der Waals surface area contributed by atoms with E-state index in [0.717, 1.165) is 11.6 Å². The van der Waals surface area contributed by atoms with Crippen LogP contribution in [0, 0.1) is 5.82 Å². The van der Waals surface area contributed by atoms with E-state index < -0.39 is 17.6 Å². The molecule has 0 aliphatic heterocycles. The standard InChI is InChI=1S/C18H20F2N2O2/c1-3-11-7-13(19)9-14(15(21)8-11)18(23)22-10-12-5-4-6-16(24-2)17(12)20/h4-7,9H,3,8,10,21H2,1-2H3,(H,22,23). The van der Waals surface area contributed by atoms with E-state index in [1.807, 2.05) is 6.92 Å². The van der Waals surface area contributed by atoms with E-state index in [1.165, 1.54) is 25.3 Å². The van der Waals surface area contributed by atoms with E-state index in [0.29, 0.717) is 18.5 Å². The second kappa shape index (κ2) is 7.77. The summed E-state index contributed by atoms with van der Waals surface area (Å²) in [5.74, 6) is -1.52. The SMILES string of the molecule is CCC1=CC(F)=CC(C(=O)NCc2cccc(OC)c2F)=C(N)C1. The summed E-state index contributed by atoms with van der Waals surface area (Å²) < 4.78 is 32.8. The molecule has 0 spiro atoms. The zero-order chi connectivity index (χ0) is 17.7. The smallest absolute Gasteiger partial charge is 0.253 e. The second-order valence-corrected chi connectivity index (χ2v) is 5.42. The van der Waals surface area contributed by atoms with Crippen LogP contribution in [0.3, 0.4) is 0 Å². The number of methoxy groups -OCH3 is 1. The fourth-order valence-electron chi connectivity index (χ4n) is 2.42. The van der Waals surface area contributed by atoms with Gasteiger partial charge in [-0.2, -0.15) is 0 Å². The van der Waals surface area contributed by atoms with Crippen LogP contribution in [0.15, 0.2) is 53.0 Å². The maximum absolute atomic E-state index is 14.1. The molecule has 1 amide bonds. The maximum Gasteiger partial charge on any atom is 0.253 e. The Hall–Kier alpha value is -2.63. The monoisotopic (exact) mass is 334 g/mol. The van der Waals surface area contributed by atoms with Gasteiger partial charge in [-0.05, 0) is 24.6 Å². The third-order valence-corrected chi connectivity index (χ3v) is 3.79. The minimum atomic E-state index is -0.546. The summed E-state index contributed by atoms with van der Waals surface area (Å²) in [4.78, 5) is 12.3. The normalized spacial score (nSPS) is 14.7. The Morgan fingerprint density at radius 1 is 1.33 bits per heavy atom. The maximum atomic E-state index is 14.1. The molecule has 128 valence electrons. The summed E-state index contributed by atoms with van der Waals surface area (Å²) in [6.45, 7) is 1.84. The Morgan fingerprint density at radius 2 is 2.08 bits per heavy atom. The van der Waals surface area contributed by atoms with Crippen LogP contribution in [0.5, 0.6) is 5.75 Å². The van der Waals surface area contributed by atoms with Crippen molar-refractivity contribution in [1.29, 1.82) is 0 Å². The van der Waals surface area contributed by atoms with Gasteiger partial charge in [-0.15, -0.1) is 0 Å². The number of nitrogens with one attached hydrogen (secondary N) is 1. The Morgan fingerprint density at radius 3 is 2.75 bits per heavy atom. The van der Waals surface area contributed by atoms with Gasteiger partial charge in [0.1, 0.15) is 5.83 Å². The highest BCUT2D eigenvalue weighted by molar-refractivity contribution is 5.97.